The van der Waals surface area contributed by atoms with Crippen molar-refractivity contribution in [2.75, 3.05) is 24.5 Å². The minimum absolute atomic E-state index is 0.0492. The molecule has 2 aromatic rings. The lowest BCUT2D eigenvalue weighted by molar-refractivity contribution is 0.424. The lowest BCUT2D eigenvalue weighted by Crippen LogP contribution is -2.28. The van der Waals surface area contributed by atoms with Crippen molar-refractivity contribution in [2.45, 2.75) is 89.5 Å². The van der Waals surface area contributed by atoms with Gasteiger partial charge in [-0.15, -0.1) is 0 Å². The second-order valence-corrected chi connectivity index (χ2v) is 11.6. The van der Waals surface area contributed by atoms with Gasteiger partial charge in [0.2, 0.25) is 10.0 Å². The smallest absolute Gasteiger partial charge is 0.241 e. The normalized spacial score (nSPS) is 15.0. The van der Waals surface area contributed by atoms with E-state index in [9.17, 15) is 8.42 Å². The van der Waals surface area contributed by atoms with Crippen molar-refractivity contribution in [1.82, 2.24) is 5.32 Å². The molecule has 0 saturated heterocycles. The number of hydrogen-bond acceptors (Lipinski definition) is 5. The zero-order valence-corrected chi connectivity index (χ0v) is 23.0. The summed E-state index contributed by atoms with van der Waals surface area (Å²) in [5.74, 6) is 1.60. The zero-order chi connectivity index (χ0) is 25.8. The van der Waals surface area contributed by atoms with Gasteiger partial charge in [0.05, 0.1) is 5.69 Å². The van der Waals surface area contributed by atoms with Crippen LogP contribution in [0.5, 0.6) is 11.5 Å². The number of hydrogen-bond donors (Lipinski definition) is 2. The molecule has 0 unspecified atom stereocenters. The number of nitrogens with two attached hydrogens (primary N) is 1. The first kappa shape index (κ1) is 28.5. The Balaban J connectivity index is 1.97. The summed E-state index contributed by atoms with van der Waals surface area (Å²) in [6.07, 6.45) is 12.0. The number of rotatable bonds is 14. The van der Waals surface area contributed by atoms with Crippen LogP contribution in [0.15, 0.2) is 47.4 Å². The van der Waals surface area contributed by atoms with E-state index in [1.165, 1.54) is 38.5 Å². The fourth-order valence-corrected chi connectivity index (χ4v) is 5.66. The topological polar surface area (TPSA) is 84.7 Å². The highest BCUT2D eigenvalue weighted by atomic mass is 32.2. The van der Waals surface area contributed by atoms with Crippen LogP contribution in [0.2, 0.25) is 0 Å². The Morgan fingerprint density at radius 1 is 0.972 bits per heavy atom. The van der Waals surface area contributed by atoms with Crippen LogP contribution in [-0.4, -0.2) is 28.1 Å². The number of unbranched alkanes of at least 4 members (excludes halogenated alkanes) is 2. The van der Waals surface area contributed by atoms with Crippen molar-refractivity contribution in [1.29, 1.82) is 0 Å². The lowest BCUT2D eigenvalue weighted by atomic mass is 10.0. The minimum Gasteiger partial charge on any atom is -0.454 e. The molecule has 0 aliphatic heterocycles. The van der Waals surface area contributed by atoms with Gasteiger partial charge >= 0.3 is 0 Å². The Kier molecular flexibility index (Phi) is 11.5. The highest BCUT2D eigenvalue weighted by Gasteiger charge is 2.24. The highest BCUT2D eigenvalue weighted by molar-refractivity contribution is 7.89. The van der Waals surface area contributed by atoms with Crippen molar-refractivity contribution in [3.63, 3.8) is 0 Å². The number of sulfonamides is 1. The van der Waals surface area contributed by atoms with Gasteiger partial charge in [-0.2, -0.15) is 0 Å². The molecule has 200 valence electrons. The largest absolute Gasteiger partial charge is 0.454 e. The molecule has 0 heterocycles. The minimum atomic E-state index is -4.00. The number of nitrogens with one attached hydrogen (secondary N) is 1. The van der Waals surface area contributed by atoms with Gasteiger partial charge < -0.3 is 15.0 Å². The summed E-state index contributed by atoms with van der Waals surface area (Å²) in [5, 5.41) is 9.37. The molecule has 1 saturated carbocycles. The molecule has 1 aliphatic carbocycles. The van der Waals surface area contributed by atoms with E-state index >= 15 is 0 Å². The second-order valence-electron chi connectivity index (χ2n) is 10.1. The Labute approximate surface area is 218 Å². The first-order valence-corrected chi connectivity index (χ1v) is 15.3. The fraction of sp³-hybridized carbons (Fsp3) is 0.586. The van der Waals surface area contributed by atoms with E-state index in [4.69, 9.17) is 9.88 Å². The van der Waals surface area contributed by atoms with Gasteiger partial charge in [-0.05, 0) is 68.0 Å². The van der Waals surface area contributed by atoms with Crippen molar-refractivity contribution >= 4 is 15.7 Å². The maximum Gasteiger partial charge on any atom is 0.241 e. The monoisotopic (exact) mass is 515 g/mol. The first-order chi connectivity index (χ1) is 17.4. The quantitative estimate of drug-likeness (QED) is 0.277. The summed E-state index contributed by atoms with van der Waals surface area (Å²) in [4.78, 5) is 2.32. The van der Waals surface area contributed by atoms with Gasteiger partial charge in [0.1, 0.15) is 10.6 Å². The average molecular weight is 516 g/mol. The summed E-state index contributed by atoms with van der Waals surface area (Å²) in [6.45, 7) is 7.58. The molecule has 1 fully saturated rings. The van der Waals surface area contributed by atoms with E-state index in [2.05, 4.69) is 30.1 Å². The molecule has 2 aromatic carbocycles. The summed E-state index contributed by atoms with van der Waals surface area (Å²) in [5.41, 5.74) is 1.72. The van der Waals surface area contributed by atoms with Crippen LogP contribution in [0.4, 0.5) is 5.69 Å². The van der Waals surface area contributed by atoms with Crippen LogP contribution in [0.25, 0.3) is 0 Å². The molecule has 3 N–H and O–H groups in total. The van der Waals surface area contributed by atoms with Gasteiger partial charge in [0.25, 0.3) is 0 Å². The SMILES string of the molecule is CCCCN(CCCC)c1cc(CNCC2CCCCCC2)cc(S(N)(=O)=O)c1Oc1ccccc1. The molecule has 1 aliphatic rings. The summed E-state index contributed by atoms with van der Waals surface area (Å²) >= 11 is 0. The van der Waals surface area contributed by atoms with E-state index in [-0.39, 0.29) is 4.90 Å². The van der Waals surface area contributed by atoms with Gasteiger partial charge in [0, 0.05) is 19.6 Å². The number of nitrogens with zero attached hydrogens (tertiary/aromatic N) is 1. The van der Waals surface area contributed by atoms with Crippen molar-refractivity contribution in [3.8, 4) is 11.5 Å². The number of benzene rings is 2. The van der Waals surface area contributed by atoms with Crippen molar-refractivity contribution in [2.24, 2.45) is 11.1 Å². The van der Waals surface area contributed by atoms with Gasteiger partial charge in [0.15, 0.2) is 5.75 Å². The molecule has 36 heavy (non-hydrogen) atoms. The Bertz CT molecular complexity index is 1010. The van der Waals surface area contributed by atoms with Crippen LogP contribution in [0.3, 0.4) is 0 Å². The molecule has 0 spiro atoms. The second kappa shape index (κ2) is 14.6. The molecular formula is C29H45N3O3S. The van der Waals surface area contributed by atoms with Crippen molar-refractivity contribution in [3.05, 3.63) is 48.0 Å². The third kappa shape index (κ3) is 8.79. The van der Waals surface area contributed by atoms with Crippen LogP contribution < -0.4 is 20.1 Å². The van der Waals surface area contributed by atoms with E-state index in [0.29, 0.717) is 24.0 Å². The van der Waals surface area contributed by atoms with E-state index in [1.54, 1.807) is 6.07 Å². The third-order valence-electron chi connectivity index (χ3n) is 7.01. The predicted octanol–water partition coefficient (Wildman–Crippen LogP) is 6.59. The van der Waals surface area contributed by atoms with Crippen LogP contribution >= 0.6 is 0 Å². The van der Waals surface area contributed by atoms with E-state index < -0.39 is 10.0 Å². The van der Waals surface area contributed by atoms with E-state index in [1.807, 2.05) is 30.3 Å². The summed E-state index contributed by atoms with van der Waals surface area (Å²) in [7, 11) is -4.00. The standard InChI is InChI=1S/C29H45N3O3S/c1-3-5-18-32(19-6-4-2)27-20-25(23-31-22-24-14-10-7-8-11-15-24)21-28(36(30,33)34)29(27)35-26-16-12-9-13-17-26/h9,12-13,16-17,20-21,24,31H,3-8,10-11,14-15,18-19,22-23H2,1-2H3,(H2,30,33,34). The Hall–Kier alpha value is -2.09. The predicted molar refractivity (Wildman–Crippen MR) is 149 cm³/mol. The number of para-hydroxylation sites is 1. The van der Waals surface area contributed by atoms with E-state index in [0.717, 1.165) is 56.6 Å². The fourth-order valence-electron chi connectivity index (χ4n) is 4.94. The molecule has 3 rings (SSSR count). The van der Waals surface area contributed by atoms with Crippen LogP contribution in [0.1, 0.15) is 83.6 Å². The van der Waals surface area contributed by atoms with Gasteiger partial charge in [-0.25, -0.2) is 13.6 Å². The summed E-state index contributed by atoms with van der Waals surface area (Å²) < 4.78 is 31.9. The van der Waals surface area contributed by atoms with Crippen molar-refractivity contribution < 1.29 is 13.2 Å². The lowest BCUT2D eigenvalue weighted by Gasteiger charge is -2.28. The number of ether oxygens (including phenoxy) is 1. The Morgan fingerprint density at radius 3 is 2.19 bits per heavy atom. The molecule has 0 aromatic heterocycles. The van der Waals surface area contributed by atoms with Gasteiger partial charge in [-0.3, -0.25) is 0 Å². The van der Waals surface area contributed by atoms with Crippen LogP contribution in [-0.2, 0) is 16.6 Å². The third-order valence-corrected chi connectivity index (χ3v) is 7.92. The average Bonchev–Trinajstić information content (AvgIpc) is 3.14. The molecule has 6 nitrogen and oxygen atoms in total. The molecule has 0 radical (unpaired) electrons. The molecule has 0 amide bonds. The summed E-state index contributed by atoms with van der Waals surface area (Å²) in [6, 6.07) is 13.1. The number of primary sulfonamides is 1. The Morgan fingerprint density at radius 2 is 1.61 bits per heavy atom. The molecule has 0 bridgehead atoms. The van der Waals surface area contributed by atoms with Gasteiger partial charge in [-0.1, -0.05) is 70.6 Å². The zero-order valence-electron chi connectivity index (χ0n) is 22.2. The number of anilines is 1. The molecule has 7 heteroatoms. The highest BCUT2D eigenvalue weighted by Crippen LogP contribution is 2.39. The molecule has 0 atom stereocenters. The first-order valence-electron chi connectivity index (χ1n) is 13.8. The maximum atomic E-state index is 12.8. The van der Waals surface area contributed by atoms with Crippen LogP contribution in [0, 0.1) is 5.92 Å². The maximum absolute atomic E-state index is 12.8. The molecular weight excluding hydrogens is 470 g/mol.